The molecule has 2 heterocycles. The Labute approximate surface area is 235 Å². The summed E-state index contributed by atoms with van der Waals surface area (Å²) in [7, 11) is 0. The van der Waals surface area contributed by atoms with Gasteiger partial charge in [0.15, 0.2) is 0 Å². The molecule has 2 aliphatic rings. The number of benzene rings is 1. The van der Waals surface area contributed by atoms with Crippen LogP contribution in [0.3, 0.4) is 0 Å². The smallest absolute Gasteiger partial charge is 0.351 e. The number of rotatable bonds is 9. The SMILES string of the molecule is C=C/C(=C\C(=C/C)CN[C@H]1CC[C@H](Nc2nccc(/C=C3\SC(=O)NC3=O)n2)CC1)c1ccccc1C(F)(F)F. The van der Waals surface area contributed by atoms with Gasteiger partial charge in [-0.3, -0.25) is 14.9 Å². The maximum Gasteiger partial charge on any atom is 0.417 e. The summed E-state index contributed by atoms with van der Waals surface area (Å²) in [5, 5.41) is 8.71. The summed E-state index contributed by atoms with van der Waals surface area (Å²) in [4.78, 5) is 32.2. The summed E-state index contributed by atoms with van der Waals surface area (Å²) < 4.78 is 40.6. The van der Waals surface area contributed by atoms with Crippen molar-refractivity contribution in [2.24, 2.45) is 0 Å². The summed E-state index contributed by atoms with van der Waals surface area (Å²) in [5.74, 6) is 0.0234. The highest BCUT2D eigenvalue weighted by Gasteiger charge is 2.33. The number of anilines is 1. The van der Waals surface area contributed by atoms with Gasteiger partial charge in [-0.2, -0.15) is 13.2 Å². The van der Waals surface area contributed by atoms with Gasteiger partial charge in [-0.1, -0.05) is 43.0 Å². The Kier molecular flexibility index (Phi) is 9.59. The minimum absolute atomic E-state index is 0.108. The summed E-state index contributed by atoms with van der Waals surface area (Å²) >= 11 is 0.839. The zero-order valence-electron chi connectivity index (χ0n) is 21.9. The minimum Gasteiger partial charge on any atom is -0.351 e. The first-order valence-corrected chi connectivity index (χ1v) is 13.7. The number of carbonyl (C=O) groups excluding carboxylic acids is 2. The van der Waals surface area contributed by atoms with Gasteiger partial charge in [0.1, 0.15) is 0 Å². The highest BCUT2D eigenvalue weighted by atomic mass is 32.2. The summed E-state index contributed by atoms with van der Waals surface area (Å²) in [6, 6.07) is 7.64. The van der Waals surface area contributed by atoms with Crippen LogP contribution in [0.25, 0.3) is 11.6 Å². The van der Waals surface area contributed by atoms with Crippen molar-refractivity contribution in [3.63, 3.8) is 0 Å². The molecule has 4 rings (SSSR count). The van der Waals surface area contributed by atoms with Crippen molar-refractivity contribution in [2.45, 2.75) is 50.9 Å². The van der Waals surface area contributed by atoms with Crippen LogP contribution in [0, 0.1) is 0 Å². The number of halogens is 3. The fourth-order valence-corrected chi connectivity index (χ4v) is 5.30. The Morgan fingerprint density at radius 1 is 1.15 bits per heavy atom. The Hall–Kier alpha value is -3.70. The maximum absolute atomic E-state index is 13.5. The second kappa shape index (κ2) is 13.1. The average Bonchev–Trinajstić information content (AvgIpc) is 3.25. The second-order valence-corrected chi connectivity index (χ2v) is 10.5. The Morgan fingerprint density at radius 3 is 2.52 bits per heavy atom. The van der Waals surface area contributed by atoms with Crippen molar-refractivity contribution < 1.29 is 22.8 Å². The molecule has 210 valence electrons. The summed E-state index contributed by atoms with van der Waals surface area (Å²) in [6.07, 6.45) is 7.40. The van der Waals surface area contributed by atoms with Crippen LogP contribution in [-0.4, -0.2) is 39.7 Å². The first kappa shape index (κ1) is 29.3. The molecule has 2 amide bonds. The fraction of sp³-hybridized carbons (Fsp3) is 0.310. The zero-order chi connectivity index (χ0) is 28.7. The van der Waals surface area contributed by atoms with Gasteiger partial charge in [-0.25, -0.2) is 9.97 Å². The number of nitrogens with zero attached hydrogens (tertiary/aromatic N) is 2. The molecule has 0 spiro atoms. The highest BCUT2D eigenvalue weighted by Crippen LogP contribution is 2.35. The van der Waals surface area contributed by atoms with E-state index in [9.17, 15) is 22.8 Å². The lowest BCUT2D eigenvalue weighted by molar-refractivity contribution is -0.137. The van der Waals surface area contributed by atoms with Crippen LogP contribution < -0.4 is 16.0 Å². The van der Waals surface area contributed by atoms with Crippen LogP contribution in [0.2, 0.25) is 0 Å². The number of hydrogen-bond donors (Lipinski definition) is 3. The molecule has 40 heavy (non-hydrogen) atoms. The molecule has 2 aromatic rings. The predicted octanol–water partition coefficient (Wildman–Crippen LogP) is 6.35. The summed E-state index contributed by atoms with van der Waals surface area (Å²) in [6.45, 7) is 6.13. The normalized spacial score (nSPS) is 21.4. The lowest BCUT2D eigenvalue weighted by Gasteiger charge is -2.30. The van der Waals surface area contributed by atoms with E-state index in [4.69, 9.17) is 0 Å². The van der Waals surface area contributed by atoms with E-state index in [1.807, 2.05) is 13.0 Å². The van der Waals surface area contributed by atoms with Crippen LogP contribution >= 0.6 is 11.8 Å². The maximum atomic E-state index is 13.5. The third-order valence-corrected chi connectivity index (χ3v) is 7.54. The van der Waals surface area contributed by atoms with Crippen molar-refractivity contribution in [2.75, 3.05) is 11.9 Å². The molecule has 1 aromatic carbocycles. The Bertz CT molecular complexity index is 1360. The van der Waals surface area contributed by atoms with Crippen LogP contribution in [-0.2, 0) is 11.0 Å². The predicted molar refractivity (Wildman–Crippen MR) is 152 cm³/mol. The quantitative estimate of drug-likeness (QED) is 0.239. The lowest BCUT2D eigenvalue weighted by Crippen LogP contribution is -2.38. The lowest BCUT2D eigenvalue weighted by atomic mass is 9.91. The molecule has 0 atom stereocenters. The van der Waals surface area contributed by atoms with Gasteiger partial charge in [0.2, 0.25) is 5.95 Å². The van der Waals surface area contributed by atoms with E-state index in [0.717, 1.165) is 49.1 Å². The molecule has 0 bridgehead atoms. The van der Waals surface area contributed by atoms with E-state index in [-0.39, 0.29) is 17.6 Å². The van der Waals surface area contributed by atoms with Crippen LogP contribution in [0.1, 0.15) is 49.4 Å². The molecule has 1 aromatic heterocycles. The van der Waals surface area contributed by atoms with Gasteiger partial charge in [0, 0.05) is 24.8 Å². The van der Waals surface area contributed by atoms with Crippen molar-refractivity contribution in [1.82, 2.24) is 20.6 Å². The number of carbonyl (C=O) groups is 2. The number of thioether (sulfide) groups is 1. The molecule has 1 saturated heterocycles. The zero-order valence-corrected chi connectivity index (χ0v) is 22.7. The van der Waals surface area contributed by atoms with Crippen molar-refractivity contribution in [3.05, 3.63) is 88.6 Å². The topological polar surface area (TPSA) is 96.0 Å². The molecular formula is C29H30F3N5O2S. The molecule has 7 nitrogen and oxygen atoms in total. The van der Waals surface area contributed by atoms with Gasteiger partial charge >= 0.3 is 6.18 Å². The van der Waals surface area contributed by atoms with Gasteiger partial charge < -0.3 is 10.6 Å². The standard InChI is InChI=1S/C29H30F3N5O2S/c1-3-18(15-19(4-2)23-7-5-6-8-24(23)29(30,31)32)17-34-20-9-11-21(12-10-20)35-27-33-14-13-22(36-27)16-25-26(38)37-28(39)40-25/h3-8,13-16,20-21,34H,2,9-12,17H2,1H3,(H,33,35,36)(H,37,38,39)/b18-3+,19-15+,25-16-/t20-,21-. The molecule has 1 aliphatic heterocycles. The number of amides is 2. The van der Waals surface area contributed by atoms with Gasteiger partial charge in [0.25, 0.3) is 11.1 Å². The van der Waals surface area contributed by atoms with Gasteiger partial charge in [0.05, 0.1) is 16.2 Å². The average molecular weight is 570 g/mol. The van der Waals surface area contributed by atoms with Gasteiger partial charge in [-0.15, -0.1) is 0 Å². The second-order valence-electron chi connectivity index (χ2n) is 9.44. The highest BCUT2D eigenvalue weighted by molar-refractivity contribution is 8.18. The van der Waals surface area contributed by atoms with Crippen LogP contribution in [0.4, 0.5) is 23.9 Å². The molecule has 2 fully saturated rings. The van der Waals surface area contributed by atoms with E-state index < -0.39 is 22.9 Å². The Morgan fingerprint density at radius 2 is 1.88 bits per heavy atom. The summed E-state index contributed by atoms with van der Waals surface area (Å²) in [5.41, 5.74) is 1.26. The van der Waals surface area contributed by atoms with Crippen LogP contribution in [0.15, 0.2) is 71.8 Å². The van der Waals surface area contributed by atoms with E-state index in [0.29, 0.717) is 28.7 Å². The number of hydrogen-bond acceptors (Lipinski definition) is 7. The number of nitrogens with one attached hydrogen (secondary N) is 3. The molecule has 1 aliphatic carbocycles. The third kappa shape index (κ3) is 7.70. The number of allylic oxidation sites excluding steroid dienone is 3. The van der Waals surface area contributed by atoms with Crippen molar-refractivity contribution in [1.29, 1.82) is 0 Å². The number of aromatic nitrogens is 2. The first-order chi connectivity index (χ1) is 19.2. The molecule has 0 unspecified atom stereocenters. The molecule has 3 N–H and O–H groups in total. The molecule has 1 saturated carbocycles. The van der Waals surface area contributed by atoms with E-state index in [2.05, 4.69) is 32.5 Å². The minimum atomic E-state index is -4.45. The van der Waals surface area contributed by atoms with E-state index in [1.165, 1.54) is 18.2 Å². The monoisotopic (exact) mass is 569 g/mol. The van der Waals surface area contributed by atoms with Gasteiger partial charge in [-0.05, 0) is 79.3 Å². The molecular weight excluding hydrogens is 539 g/mol. The molecule has 11 heteroatoms. The van der Waals surface area contributed by atoms with Crippen molar-refractivity contribution in [3.8, 4) is 0 Å². The van der Waals surface area contributed by atoms with E-state index in [1.54, 1.807) is 30.5 Å². The fourth-order valence-electron chi connectivity index (χ4n) is 4.63. The van der Waals surface area contributed by atoms with Crippen molar-refractivity contribution >= 4 is 40.5 Å². The van der Waals surface area contributed by atoms with E-state index >= 15 is 0 Å². The Balaban J connectivity index is 1.31. The van der Waals surface area contributed by atoms with Crippen LogP contribution in [0.5, 0.6) is 0 Å². The first-order valence-electron chi connectivity index (χ1n) is 12.9. The third-order valence-electron chi connectivity index (χ3n) is 6.73. The number of imide groups is 1. The molecule has 0 radical (unpaired) electrons. The largest absolute Gasteiger partial charge is 0.417 e. The number of alkyl halides is 3.